The van der Waals surface area contributed by atoms with Crippen molar-refractivity contribution >= 4 is 23.6 Å². The summed E-state index contributed by atoms with van der Waals surface area (Å²) in [6.07, 6.45) is 3.12. The highest BCUT2D eigenvalue weighted by atomic mass is 16.3. The van der Waals surface area contributed by atoms with Crippen LogP contribution < -0.4 is 42.5 Å². The molecule has 13 nitrogen and oxygen atoms in total. The molecule has 1 heterocycles. The van der Waals surface area contributed by atoms with E-state index < -0.39 is 35.8 Å². The van der Waals surface area contributed by atoms with E-state index in [2.05, 4.69) is 42.5 Å². The van der Waals surface area contributed by atoms with Gasteiger partial charge in [0.1, 0.15) is 17.8 Å². The second-order valence-electron chi connectivity index (χ2n) is 11.9. The van der Waals surface area contributed by atoms with E-state index in [4.69, 9.17) is 0 Å². The number of carbonyl (C=O) groups excluding carboxylic acids is 4. The molecule has 0 aromatic heterocycles. The van der Waals surface area contributed by atoms with E-state index in [1.807, 2.05) is 44.4 Å². The molecule has 0 saturated carbocycles. The topological polar surface area (TPSA) is 185 Å². The van der Waals surface area contributed by atoms with Crippen LogP contribution in [0.15, 0.2) is 42.5 Å². The Morgan fingerprint density at radius 2 is 1.64 bits per heavy atom. The number of fused-ring (bicyclic) bond motifs is 5. The SMILES string of the molecule is CNCCC[C@@H](CNC(=O)CNC(=O)[C@@H]1Cc2cccc(c2)-c2ccc(O)c(c2)C[C@H](NC)C(=O)N[C@@H](CCCNC)C(=O)N1)NC. The Hall–Kier alpha value is -4.04. The molecule has 9 N–H and O–H groups in total. The van der Waals surface area contributed by atoms with Crippen molar-refractivity contribution in [3.63, 3.8) is 0 Å². The Labute approximate surface area is 277 Å². The summed E-state index contributed by atoms with van der Waals surface area (Å²) in [6, 6.07) is 10.3. The number of amides is 4. The minimum Gasteiger partial charge on any atom is -0.508 e. The van der Waals surface area contributed by atoms with Crippen LogP contribution in [0.1, 0.15) is 36.8 Å². The zero-order chi connectivity index (χ0) is 34.2. The third kappa shape index (κ3) is 11.9. The molecule has 4 atom stereocenters. The number of nitrogens with one attached hydrogen (secondary N) is 8. The molecule has 1 aliphatic heterocycles. The van der Waals surface area contributed by atoms with Crippen molar-refractivity contribution in [2.75, 3.05) is 54.4 Å². The average Bonchev–Trinajstić information content (AvgIpc) is 3.07. The maximum atomic E-state index is 13.7. The summed E-state index contributed by atoms with van der Waals surface area (Å²) < 4.78 is 0. The normalized spacial score (nSPS) is 19.0. The Kier molecular flexibility index (Phi) is 15.6. The molecule has 0 saturated heterocycles. The lowest BCUT2D eigenvalue weighted by molar-refractivity contribution is -0.133. The van der Waals surface area contributed by atoms with Crippen molar-refractivity contribution in [3.05, 3.63) is 53.6 Å². The van der Waals surface area contributed by atoms with Gasteiger partial charge in [-0.25, -0.2) is 0 Å². The van der Waals surface area contributed by atoms with Crippen LogP contribution >= 0.6 is 0 Å². The molecule has 13 heteroatoms. The summed E-state index contributed by atoms with van der Waals surface area (Å²) in [5.41, 5.74) is 3.07. The van der Waals surface area contributed by atoms with Crippen LogP contribution in [0.5, 0.6) is 5.75 Å². The number of likely N-dealkylation sites (N-methyl/N-ethyl adjacent to an activating group) is 2. The summed E-state index contributed by atoms with van der Waals surface area (Å²) in [5, 5.41) is 34.3. The van der Waals surface area contributed by atoms with Gasteiger partial charge in [-0.05, 0) is 101 Å². The number of aromatic hydroxyl groups is 1. The van der Waals surface area contributed by atoms with Crippen molar-refractivity contribution in [3.8, 4) is 16.9 Å². The van der Waals surface area contributed by atoms with Crippen LogP contribution in [0.25, 0.3) is 11.1 Å². The highest BCUT2D eigenvalue weighted by Crippen LogP contribution is 2.28. The Bertz CT molecular complexity index is 1340. The van der Waals surface area contributed by atoms with Crippen LogP contribution in [0, 0.1) is 0 Å². The summed E-state index contributed by atoms with van der Waals surface area (Å²) in [6.45, 7) is 1.68. The predicted molar refractivity (Wildman–Crippen MR) is 183 cm³/mol. The molecule has 0 unspecified atom stereocenters. The van der Waals surface area contributed by atoms with Gasteiger partial charge in [-0.2, -0.15) is 0 Å². The minimum atomic E-state index is -1.01. The average molecular weight is 653 g/mol. The molecule has 258 valence electrons. The van der Waals surface area contributed by atoms with Gasteiger partial charge < -0.3 is 47.6 Å². The van der Waals surface area contributed by atoms with Gasteiger partial charge in [0.25, 0.3) is 0 Å². The van der Waals surface area contributed by atoms with Crippen molar-refractivity contribution in [2.45, 2.75) is 62.7 Å². The molecule has 3 rings (SSSR count). The molecule has 0 spiro atoms. The van der Waals surface area contributed by atoms with Gasteiger partial charge in [-0.3, -0.25) is 19.2 Å². The number of phenols is 1. The first-order valence-electron chi connectivity index (χ1n) is 16.4. The summed E-state index contributed by atoms with van der Waals surface area (Å²) in [5.74, 6) is -1.68. The maximum absolute atomic E-state index is 13.7. The van der Waals surface area contributed by atoms with E-state index in [9.17, 15) is 24.3 Å². The van der Waals surface area contributed by atoms with Crippen molar-refractivity contribution < 1.29 is 24.3 Å². The number of carbonyl (C=O) groups is 4. The number of hydrogen-bond donors (Lipinski definition) is 9. The first-order chi connectivity index (χ1) is 22.7. The van der Waals surface area contributed by atoms with Gasteiger partial charge in [0.15, 0.2) is 0 Å². The minimum absolute atomic E-state index is 0.0710. The molecular formula is C34H52N8O5. The molecule has 0 aliphatic carbocycles. The van der Waals surface area contributed by atoms with E-state index in [-0.39, 0.29) is 37.1 Å². The van der Waals surface area contributed by atoms with E-state index in [0.717, 1.165) is 36.1 Å². The van der Waals surface area contributed by atoms with E-state index >= 15 is 0 Å². The highest BCUT2D eigenvalue weighted by molar-refractivity contribution is 5.94. The molecule has 4 amide bonds. The van der Waals surface area contributed by atoms with Crippen LogP contribution in [0.4, 0.5) is 0 Å². The third-order valence-electron chi connectivity index (χ3n) is 8.41. The largest absolute Gasteiger partial charge is 0.508 e. The summed E-state index contributed by atoms with van der Waals surface area (Å²) in [4.78, 5) is 53.4. The molecule has 1 aliphatic rings. The molecule has 2 aromatic carbocycles. The van der Waals surface area contributed by atoms with Crippen LogP contribution in [0.2, 0.25) is 0 Å². The Morgan fingerprint density at radius 1 is 0.894 bits per heavy atom. The van der Waals surface area contributed by atoms with Gasteiger partial charge in [0, 0.05) is 25.4 Å². The van der Waals surface area contributed by atoms with Crippen LogP contribution in [0.3, 0.4) is 0 Å². The molecule has 4 bridgehead atoms. The monoisotopic (exact) mass is 652 g/mol. The standard InChI is InChI=1S/C34H52N8O5/c1-35-14-6-10-26(37-3)20-39-31(44)21-40-32(45)29-17-22-8-5-9-23(16-22)24-12-13-30(43)25(18-24)19-28(38-4)34(47)41-27(33(46)42-29)11-7-15-36-2/h5,8-9,12-13,16,18,26-29,35-38,43H,6-7,10-11,14-15,17,19-21H2,1-4H3,(H,39,44)(H,40,45)(H,41,47)(H,42,46)/t26-,27-,28-,29-/m0/s1. The fourth-order valence-corrected chi connectivity index (χ4v) is 5.56. The Balaban J connectivity index is 1.86. The molecular weight excluding hydrogens is 600 g/mol. The van der Waals surface area contributed by atoms with Crippen LogP contribution in [-0.4, -0.2) is 107 Å². The highest BCUT2D eigenvalue weighted by Gasteiger charge is 2.30. The van der Waals surface area contributed by atoms with Crippen LogP contribution in [-0.2, 0) is 32.0 Å². The van der Waals surface area contributed by atoms with Crippen molar-refractivity contribution in [2.24, 2.45) is 0 Å². The van der Waals surface area contributed by atoms with E-state index in [1.54, 1.807) is 26.2 Å². The number of benzene rings is 2. The van der Waals surface area contributed by atoms with E-state index in [1.165, 1.54) is 0 Å². The van der Waals surface area contributed by atoms with Gasteiger partial charge in [-0.1, -0.05) is 30.3 Å². The smallest absolute Gasteiger partial charge is 0.243 e. The first kappa shape index (κ1) is 37.4. The number of phenolic OH excluding ortho intramolecular Hbond substituents is 1. The van der Waals surface area contributed by atoms with Crippen molar-refractivity contribution in [1.29, 1.82) is 0 Å². The van der Waals surface area contributed by atoms with Gasteiger partial charge in [0.2, 0.25) is 23.6 Å². The molecule has 2 aromatic rings. The lowest BCUT2D eigenvalue weighted by Gasteiger charge is -2.25. The fourth-order valence-electron chi connectivity index (χ4n) is 5.56. The molecule has 0 radical (unpaired) electrons. The second kappa shape index (κ2) is 19.6. The first-order valence-corrected chi connectivity index (χ1v) is 16.4. The summed E-state index contributed by atoms with van der Waals surface area (Å²) in [7, 11) is 7.20. The lowest BCUT2D eigenvalue weighted by Crippen LogP contribution is -2.57. The molecule has 47 heavy (non-hydrogen) atoms. The number of hydrogen-bond acceptors (Lipinski definition) is 9. The fraction of sp³-hybridized carbons (Fsp3) is 0.529. The molecule has 0 fully saturated rings. The Morgan fingerprint density at radius 3 is 2.36 bits per heavy atom. The quantitative estimate of drug-likeness (QED) is 0.115. The zero-order valence-electron chi connectivity index (χ0n) is 28.0. The number of rotatable bonds is 15. The third-order valence-corrected chi connectivity index (χ3v) is 8.41. The van der Waals surface area contributed by atoms with Gasteiger partial charge in [0.05, 0.1) is 12.6 Å². The maximum Gasteiger partial charge on any atom is 0.243 e. The van der Waals surface area contributed by atoms with Gasteiger partial charge >= 0.3 is 0 Å². The zero-order valence-corrected chi connectivity index (χ0v) is 28.0. The van der Waals surface area contributed by atoms with E-state index in [0.29, 0.717) is 31.5 Å². The second-order valence-corrected chi connectivity index (χ2v) is 11.9. The van der Waals surface area contributed by atoms with Gasteiger partial charge in [-0.15, -0.1) is 0 Å². The predicted octanol–water partition coefficient (Wildman–Crippen LogP) is -0.465. The summed E-state index contributed by atoms with van der Waals surface area (Å²) >= 11 is 0. The lowest BCUT2D eigenvalue weighted by atomic mass is 9.96. The van der Waals surface area contributed by atoms with Crippen molar-refractivity contribution in [1.82, 2.24) is 42.5 Å².